The third kappa shape index (κ3) is 1.64. The highest BCUT2D eigenvalue weighted by molar-refractivity contribution is 9.10. The summed E-state index contributed by atoms with van der Waals surface area (Å²) in [6, 6.07) is 4.36. The molecule has 0 aromatic heterocycles. The van der Waals surface area contributed by atoms with E-state index < -0.39 is 0 Å². The lowest BCUT2D eigenvalue weighted by atomic mass is 9.88. The SMILES string of the molecule is Cc1cc(Br)cc2c1CCC=C2CN. The summed E-state index contributed by atoms with van der Waals surface area (Å²) in [6.07, 6.45) is 4.54. The van der Waals surface area contributed by atoms with Crippen molar-refractivity contribution in [2.24, 2.45) is 5.73 Å². The number of fused-ring (bicyclic) bond motifs is 1. The van der Waals surface area contributed by atoms with Gasteiger partial charge in [-0.3, -0.25) is 0 Å². The van der Waals surface area contributed by atoms with E-state index in [-0.39, 0.29) is 0 Å². The average molecular weight is 252 g/mol. The average Bonchev–Trinajstić information content (AvgIpc) is 2.17. The predicted octanol–water partition coefficient (Wildman–Crippen LogP) is 3.05. The molecule has 0 aliphatic heterocycles. The van der Waals surface area contributed by atoms with E-state index in [0.29, 0.717) is 6.54 Å². The molecule has 0 amide bonds. The standard InChI is InChI=1S/C12H14BrN/c1-8-5-10(13)6-12-9(7-14)3-2-4-11(8)12/h3,5-6H,2,4,7,14H2,1H3. The van der Waals surface area contributed by atoms with Crippen molar-refractivity contribution < 1.29 is 0 Å². The van der Waals surface area contributed by atoms with Crippen molar-refractivity contribution in [3.8, 4) is 0 Å². The quantitative estimate of drug-likeness (QED) is 0.816. The number of benzene rings is 1. The molecule has 1 aliphatic rings. The van der Waals surface area contributed by atoms with Gasteiger partial charge in [-0.2, -0.15) is 0 Å². The van der Waals surface area contributed by atoms with Gasteiger partial charge in [-0.05, 0) is 54.2 Å². The molecule has 2 N–H and O–H groups in total. The molecule has 1 aliphatic carbocycles. The normalized spacial score (nSPS) is 14.9. The van der Waals surface area contributed by atoms with Gasteiger partial charge in [0.1, 0.15) is 0 Å². The minimum Gasteiger partial charge on any atom is -0.326 e. The molecule has 1 nitrogen and oxygen atoms in total. The first-order chi connectivity index (χ1) is 6.72. The molecule has 0 fully saturated rings. The van der Waals surface area contributed by atoms with Crippen molar-refractivity contribution in [2.45, 2.75) is 19.8 Å². The molecule has 0 saturated carbocycles. The molecule has 0 bridgehead atoms. The Morgan fingerprint density at radius 1 is 1.43 bits per heavy atom. The Labute approximate surface area is 93.1 Å². The second-order valence-corrected chi connectivity index (χ2v) is 4.64. The van der Waals surface area contributed by atoms with Gasteiger partial charge in [0.05, 0.1) is 0 Å². The fourth-order valence-electron chi connectivity index (χ4n) is 2.09. The smallest absolute Gasteiger partial charge is 0.0184 e. The van der Waals surface area contributed by atoms with E-state index >= 15 is 0 Å². The van der Waals surface area contributed by atoms with Crippen LogP contribution in [0.4, 0.5) is 0 Å². The van der Waals surface area contributed by atoms with Crippen molar-refractivity contribution in [3.63, 3.8) is 0 Å². The molecular formula is C12H14BrN. The fraction of sp³-hybridized carbons (Fsp3) is 0.333. The summed E-state index contributed by atoms with van der Waals surface area (Å²) < 4.78 is 1.15. The van der Waals surface area contributed by atoms with Crippen LogP contribution in [0.1, 0.15) is 23.1 Å². The first-order valence-electron chi connectivity index (χ1n) is 4.91. The lowest BCUT2D eigenvalue weighted by Gasteiger charge is -2.19. The zero-order valence-electron chi connectivity index (χ0n) is 8.31. The molecule has 14 heavy (non-hydrogen) atoms. The van der Waals surface area contributed by atoms with Crippen LogP contribution in [0.5, 0.6) is 0 Å². The van der Waals surface area contributed by atoms with Gasteiger partial charge >= 0.3 is 0 Å². The van der Waals surface area contributed by atoms with Crippen LogP contribution in [0.15, 0.2) is 22.7 Å². The van der Waals surface area contributed by atoms with Crippen molar-refractivity contribution in [2.75, 3.05) is 6.54 Å². The van der Waals surface area contributed by atoms with Gasteiger partial charge in [-0.1, -0.05) is 22.0 Å². The summed E-state index contributed by atoms with van der Waals surface area (Å²) in [5.41, 5.74) is 11.2. The third-order valence-electron chi connectivity index (χ3n) is 2.79. The molecule has 1 aromatic carbocycles. The molecular weight excluding hydrogens is 238 g/mol. The van der Waals surface area contributed by atoms with Crippen LogP contribution in [0.3, 0.4) is 0 Å². The molecule has 2 rings (SSSR count). The van der Waals surface area contributed by atoms with Gasteiger partial charge in [0.2, 0.25) is 0 Å². The summed E-state index contributed by atoms with van der Waals surface area (Å²) >= 11 is 3.53. The number of halogens is 1. The van der Waals surface area contributed by atoms with Crippen LogP contribution < -0.4 is 5.73 Å². The first kappa shape index (κ1) is 9.94. The molecule has 0 atom stereocenters. The second-order valence-electron chi connectivity index (χ2n) is 3.72. The Morgan fingerprint density at radius 3 is 2.93 bits per heavy atom. The molecule has 0 unspecified atom stereocenters. The Balaban J connectivity index is 2.60. The maximum atomic E-state index is 5.73. The Kier molecular flexibility index (Phi) is 2.75. The van der Waals surface area contributed by atoms with E-state index in [2.05, 4.69) is 41.1 Å². The van der Waals surface area contributed by atoms with Crippen LogP contribution in [-0.4, -0.2) is 6.54 Å². The van der Waals surface area contributed by atoms with E-state index in [9.17, 15) is 0 Å². The minimum absolute atomic E-state index is 0.642. The van der Waals surface area contributed by atoms with Crippen molar-refractivity contribution >= 4 is 21.5 Å². The van der Waals surface area contributed by atoms with Crippen molar-refractivity contribution in [1.29, 1.82) is 0 Å². The van der Waals surface area contributed by atoms with Gasteiger partial charge in [0, 0.05) is 11.0 Å². The topological polar surface area (TPSA) is 26.0 Å². The molecule has 0 radical (unpaired) electrons. The minimum atomic E-state index is 0.642. The number of hydrogen-bond donors (Lipinski definition) is 1. The highest BCUT2D eigenvalue weighted by Crippen LogP contribution is 2.31. The molecule has 2 heteroatoms. The maximum absolute atomic E-state index is 5.73. The lowest BCUT2D eigenvalue weighted by molar-refractivity contribution is 0.952. The number of aryl methyl sites for hydroxylation is 1. The lowest BCUT2D eigenvalue weighted by Crippen LogP contribution is -2.09. The second kappa shape index (κ2) is 3.87. The van der Waals surface area contributed by atoms with Crippen LogP contribution in [0.2, 0.25) is 0 Å². The molecule has 0 heterocycles. The summed E-state index contributed by atoms with van der Waals surface area (Å²) in [7, 11) is 0. The van der Waals surface area contributed by atoms with E-state index in [1.54, 1.807) is 0 Å². The van der Waals surface area contributed by atoms with Gasteiger partial charge in [-0.25, -0.2) is 0 Å². The summed E-state index contributed by atoms with van der Waals surface area (Å²) in [5, 5.41) is 0. The van der Waals surface area contributed by atoms with Crippen LogP contribution in [-0.2, 0) is 6.42 Å². The van der Waals surface area contributed by atoms with Gasteiger partial charge in [0.15, 0.2) is 0 Å². The summed E-state index contributed by atoms with van der Waals surface area (Å²) in [4.78, 5) is 0. The fourth-order valence-corrected chi connectivity index (χ4v) is 2.66. The number of allylic oxidation sites excluding steroid dienone is 1. The predicted molar refractivity (Wildman–Crippen MR) is 64.2 cm³/mol. The molecule has 0 saturated heterocycles. The Morgan fingerprint density at radius 2 is 2.21 bits per heavy atom. The van der Waals surface area contributed by atoms with Gasteiger partial charge in [0.25, 0.3) is 0 Å². The van der Waals surface area contributed by atoms with Crippen LogP contribution >= 0.6 is 15.9 Å². The van der Waals surface area contributed by atoms with Gasteiger partial charge < -0.3 is 5.73 Å². The molecule has 1 aromatic rings. The van der Waals surface area contributed by atoms with Crippen molar-refractivity contribution in [3.05, 3.63) is 39.4 Å². The van der Waals surface area contributed by atoms with E-state index in [1.807, 2.05) is 0 Å². The van der Waals surface area contributed by atoms with E-state index in [1.165, 1.54) is 22.3 Å². The molecule has 0 spiro atoms. The third-order valence-corrected chi connectivity index (χ3v) is 3.25. The highest BCUT2D eigenvalue weighted by atomic mass is 79.9. The zero-order valence-corrected chi connectivity index (χ0v) is 9.89. The molecule has 74 valence electrons. The number of rotatable bonds is 1. The number of hydrogen-bond acceptors (Lipinski definition) is 1. The Hall–Kier alpha value is -0.600. The van der Waals surface area contributed by atoms with Crippen LogP contribution in [0.25, 0.3) is 5.57 Å². The summed E-state index contributed by atoms with van der Waals surface area (Å²) in [6.45, 7) is 2.81. The first-order valence-corrected chi connectivity index (χ1v) is 5.70. The zero-order chi connectivity index (χ0) is 10.1. The summed E-state index contributed by atoms with van der Waals surface area (Å²) in [5.74, 6) is 0. The Bertz CT molecular complexity index is 394. The largest absolute Gasteiger partial charge is 0.326 e. The van der Waals surface area contributed by atoms with Crippen LogP contribution in [0, 0.1) is 6.92 Å². The maximum Gasteiger partial charge on any atom is 0.0184 e. The number of nitrogens with two attached hydrogens (primary N) is 1. The van der Waals surface area contributed by atoms with Gasteiger partial charge in [-0.15, -0.1) is 0 Å². The van der Waals surface area contributed by atoms with E-state index in [0.717, 1.165) is 17.3 Å². The van der Waals surface area contributed by atoms with E-state index in [4.69, 9.17) is 5.73 Å². The monoisotopic (exact) mass is 251 g/mol. The van der Waals surface area contributed by atoms with Crippen molar-refractivity contribution in [1.82, 2.24) is 0 Å². The highest BCUT2D eigenvalue weighted by Gasteiger charge is 2.13.